The maximum atomic E-state index is 13.5. The lowest BCUT2D eigenvalue weighted by molar-refractivity contribution is -0.122. The predicted molar refractivity (Wildman–Crippen MR) is 158 cm³/mol. The van der Waals surface area contributed by atoms with Gasteiger partial charge < -0.3 is 14.2 Å². The minimum atomic E-state index is -0.879. The van der Waals surface area contributed by atoms with Gasteiger partial charge in [-0.1, -0.05) is 35.3 Å². The smallest absolute Gasteiger partial charge is 0.336 e. The topological polar surface area (TPSA) is 94.2 Å². The molecular weight excluding hydrogens is 658 g/mol. The van der Waals surface area contributed by atoms with E-state index in [9.17, 15) is 14.4 Å². The van der Waals surface area contributed by atoms with E-state index in [1.54, 1.807) is 55.5 Å². The molecule has 1 aliphatic heterocycles. The number of ether oxygens (including phenoxy) is 3. The second kappa shape index (κ2) is 12.7. The molecule has 0 spiro atoms. The normalized spacial score (nSPS) is 14.4. The minimum absolute atomic E-state index is 0.169. The van der Waals surface area contributed by atoms with Gasteiger partial charge in [-0.2, -0.15) is 0 Å². The van der Waals surface area contributed by atoms with E-state index in [4.69, 9.17) is 37.4 Å². The summed E-state index contributed by atoms with van der Waals surface area (Å²) in [6.45, 7) is 4.53. The van der Waals surface area contributed by atoms with Crippen LogP contribution in [0, 0.1) is 3.57 Å². The van der Waals surface area contributed by atoms with Crippen LogP contribution in [-0.4, -0.2) is 31.1 Å². The van der Waals surface area contributed by atoms with Gasteiger partial charge in [-0.25, -0.2) is 9.69 Å². The standard InChI is InChI=1S/C28H23Cl2IN2O6/c1-3-37-19-8-10-25(38-4-2)23(14-19)33-27(35)20(26(34)32-28(33)36)11-16-5-9-24(22(31)12-16)39-15-17-6-7-18(29)13-21(17)30/h5-14H,3-4,15H2,1-2H3,(H,32,34,36)/b20-11+. The van der Waals surface area contributed by atoms with Gasteiger partial charge in [0.15, 0.2) is 0 Å². The number of imide groups is 2. The van der Waals surface area contributed by atoms with Crippen molar-refractivity contribution in [3.63, 3.8) is 0 Å². The van der Waals surface area contributed by atoms with Crippen LogP contribution >= 0.6 is 45.8 Å². The largest absolute Gasteiger partial charge is 0.494 e. The molecule has 1 fully saturated rings. The van der Waals surface area contributed by atoms with Gasteiger partial charge in [-0.3, -0.25) is 14.9 Å². The zero-order chi connectivity index (χ0) is 28.1. The average Bonchev–Trinajstić information content (AvgIpc) is 2.88. The van der Waals surface area contributed by atoms with Gasteiger partial charge in [0, 0.05) is 21.7 Å². The first-order valence-electron chi connectivity index (χ1n) is 11.9. The predicted octanol–water partition coefficient (Wildman–Crippen LogP) is 6.64. The lowest BCUT2D eigenvalue weighted by Gasteiger charge is -2.28. The molecule has 1 N–H and O–H groups in total. The monoisotopic (exact) mass is 680 g/mol. The van der Waals surface area contributed by atoms with E-state index >= 15 is 0 Å². The number of nitrogens with zero attached hydrogens (tertiary/aromatic N) is 1. The number of benzene rings is 3. The SMILES string of the molecule is CCOc1ccc(OCC)c(N2C(=O)NC(=O)/C(=C\c3ccc(OCc4ccc(Cl)cc4Cl)c(I)c3)C2=O)c1. The Hall–Kier alpha value is -3.28. The highest BCUT2D eigenvalue weighted by Gasteiger charge is 2.38. The summed E-state index contributed by atoms with van der Waals surface area (Å²) in [5.41, 5.74) is 1.30. The molecule has 202 valence electrons. The van der Waals surface area contributed by atoms with Crippen molar-refractivity contribution < 1.29 is 28.6 Å². The molecule has 3 aromatic carbocycles. The van der Waals surface area contributed by atoms with Gasteiger partial charge >= 0.3 is 6.03 Å². The third kappa shape index (κ3) is 6.66. The van der Waals surface area contributed by atoms with Crippen molar-refractivity contribution in [3.05, 3.63) is 84.9 Å². The zero-order valence-corrected chi connectivity index (χ0v) is 24.6. The third-order valence-corrected chi connectivity index (χ3v) is 6.98. The van der Waals surface area contributed by atoms with Crippen molar-refractivity contribution in [1.29, 1.82) is 0 Å². The maximum Gasteiger partial charge on any atom is 0.336 e. The molecule has 3 aromatic rings. The Morgan fingerprint density at radius 3 is 2.33 bits per heavy atom. The summed E-state index contributed by atoms with van der Waals surface area (Å²) in [6.07, 6.45) is 1.42. The van der Waals surface area contributed by atoms with Crippen LogP contribution in [0.15, 0.2) is 60.2 Å². The Kier molecular flexibility index (Phi) is 9.36. The molecule has 0 atom stereocenters. The van der Waals surface area contributed by atoms with Gasteiger partial charge in [-0.05, 0) is 84.5 Å². The summed E-state index contributed by atoms with van der Waals surface area (Å²) in [5.74, 6) is -0.243. The van der Waals surface area contributed by atoms with Crippen LogP contribution in [0.4, 0.5) is 10.5 Å². The van der Waals surface area contributed by atoms with E-state index in [1.807, 2.05) is 6.92 Å². The van der Waals surface area contributed by atoms with E-state index in [0.717, 1.165) is 14.0 Å². The summed E-state index contributed by atoms with van der Waals surface area (Å²) in [7, 11) is 0. The van der Waals surface area contributed by atoms with E-state index < -0.39 is 17.8 Å². The van der Waals surface area contributed by atoms with Crippen LogP contribution < -0.4 is 24.4 Å². The van der Waals surface area contributed by atoms with Gasteiger partial charge in [0.1, 0.15) is 29.4 Å². The average molecular weight is 681 g/mol. The van der Waals surface area contributed by atoms with E-state index in [0.29, 0.717) is 46.1 Å². The molecule has 0 unspecified atom stereocenters. The molecule has 1 saturated heterocycles. The molecule has 0 radical (unpaired) electrons. The van der Waals surface area contributed by atoms with Crippen LogP contribution in [-0.2, 0) is 16.2 Å². The minimum Gasteiger partial charge on any atom is -0.494 e. The number of halogens is 3. The second-order valence-corrected chi connectivity index (χ2v) is 10.2. The quantitative estimate of drug-likeness (QED) is 0.155. The highest BCUT2D eigenvalue weighted by atomic mass is 127. The van der Waals surface area contributed by atoms with Gasteiger partial charge in [0.25, 0.3) is 11.8 Å². The molecule has 0 aliphatic carbocycles. The molecule has 1 aliphatic rings. The van der Waals surface area contributed by atoms with Crippen LogP contribution in [0.25, 0.3) is 6.08 Å². The Balaban J connectivity index is 1.61. The maximum absolute atomic E-state index is 13.5. The summed E-state index contributed by atoms with van der Waals surface area (Å²) in [5, 5.41) is 3.27. The highest BCUT2D eigenvalue weighted by Crippen LogP contribution is 2.35. The summed E-state index contributed by atoms with van der Waals surface area (Å²) in [4.78, 5) is 39.8. The molecule has 4 rings (SSSR count). The van der Waals surface area contributed by atoms with Crippen LogP contribution in [0.3, 0.4) is 0 Å². The van der Waals surface area contributed by atoms with Crippen molar-refractivity contribution in [2.24, 2.45) is 0 Å². The fourth-order valence-corrected chi connectivity index (χ4v) is 4.93. The fraction of sp³-hybridized carbons (Fsp3) is 0.179. The number of nitrogens with one attached hydrogen (secondary N) is 1. The first-order chi connectivity index (χ1) is 18.7. The summed E-state index contributed by atoms with van der Waals surface area (Å²) in [6, 6.07) is 14.3. The fourth-order valence-electron chi connectivity index (χ4n) is 3.77. The van der Waals surface area contributed by atoms with Crippen LogP contribution in [0.2, 0.25) is 10.0 Å². The second-order valence-electron chi connectivity index (χ2n) is 8.17. The lowest BCUT2D eigenvalue weighted by atomic mass is 10.1. The number of amides is 4. The zero-order valence-electron chi connectivity index (χ0n) is 20.9. The summed E-state index contributed by atoms with van der Waals surface area (Å²) >= 11 is 14.3. The molecule has 11 heteroatoms. The number of urea groups is 1. The molecule has 4 amide bonds. The molecule has 39 heavy (non-hydrogen) atoms. The van der Waals surface area contributed by atoms with Crippen molar-refractivity contribution in [1.82, 2.24) is 5.32 Å². The van der Waals surface area contributed by atoms with Crippen molar-refractivity contribution in [2.75, 3.05) is 18.1 Å². The van der Waals surface area contributed by atoms with Gasteiger partial charge in [-0.15, -0.1) is 0 Å². The molecule has 0 bridgehead atoms. The molecule has 0 aromatic heterocycles. The van der Waals surface area contributed by atoms with Crippen molar-refractivity contribution in [2.45, 2.75) is 20.5 Å². The van der Waals surface area contributed by atoms with Crippen LogP contribution in [0.1, 0.15) is 25.0 Å². The third-order valence-electron chi connectivity index (χ3n) is 5.55. The first-order valence-corrected chi connectivity index (χ1v) is 13.7. The summed E-state index contributed by atoms with van der Waals surface area (Å²) < 4.78 is 17.8. The van der Waals surface area contributed by atoms with Gasteiger partial charge in [0.2, 0.25) is 0 Å². The Labute approximate surface area is 249 Å². The molecular formula is C28H23Cl2IN2O6. The van der Waals surface area contributed by atoms with Gasteiger partial charge in [0.05, 0.1) is 22.5 Å². The molecule has 1 heterocycles. The highest BCUT2D eigenvalue weighted by molar-refractivity contribution is 14.1. The lowest BCUT2D eigenvalue weighted by Crippen LogP contribution is -2.54. The Morgan fingerprint density at radius 2 is 1.64 bits per heavy atom. The number of hydrogen-bond donors (Lipinski definition) is 1. The number of hydrogen-bond acceptors (Lipinski definition) is 6. The Bertz CT molecular complexity index is 1480. The first kappa shape index (κ1) is 28.7. The number of carbonyl (C=O) groups is 3. The van der Waals surface area contributed by atoms with E-state index in [-0.39, 0.29) is 17.9 Å². The van der Waals surface area contributed by atoms with Crippen molar-refractivity contribution >= 4 is 75.4 Å². The number of anilines is 1. The van der Waals surface area contributed by atoms with Crippen LogP contribution in [0.5, 0.6) is 17.2 Å². The van der Waals surface area contributed by atoms with Crippen molar-refractivity contribution in [3.8, 4) is 17.2 Å². The number of rotatable bonds is 9. The molecule has 0 saturated carbocycles. The van der Waals surface area contributed by atoms with E-state index in [1.165, 1.54) is 12.1 Å². The molecule has 8 nitrogen and oxygen atoms in total. The number of carbonyl (C=O) groups excluding carboxylic acids is 3. The Morgan fingerprint density at radius 1 is 0.897 bits per heavy atom. The van der Waals surface area contributed by atoms with E-state index in [2.05, 4.69) is 27.9 Å². The number of barbiturate groups is 1.